The molecule has 80 valence electrons. The summed E-state index contributed by atoms with van der Waals surface area (Å²) in [4.78, 5) is 12.8. The molecule has 5 heteroatoms. The Kier molecular flexibility index (Phi) is 2.37. The number of nitrogen functional groups attached to an aromatic ring is 1. The van der Waals surface area contributed by atoms with Gasteiger partial charge in [-0.25, -0.2) is 4.79 Å². The highest BCUT2D eigenvalue weighted by Gasteiger charge is 2.23. The minimum atomic E-state index is -0.334. The van der Waals surface area contributed by atoms with Gasteiger partial charge < -0.3 is 15.2 Å². The average Bonchev–Trinajstić information content (AvgIpc) is 2.64. The topological polar surface area (TPSA) is 64.8 Å². The van der Waals surface area contributed by atoms with Gasteiger partial charge in [-0.3, -0.25) is 4.90 Å². The zero-order valence-corrected chi connectivity index (χ0v) is 8.40. The molecular weight excluding hydrogens is 196 g/mol. The van der Waals surface area contributed by atoms with Crippen LogP contribution in [0.5, 0.6) is 5.75 Å². The summed E-state index contributed by atoms with van der Waals surface area (Å²) < 4.78 is 9.86. The molecule has 0 aliphatic carbocycles. The summed E-state index contributed by atoms with van der Waals surface area (Å²) in [7, 11) is 1.55. The molecular formula is C10H12N2O3. The predicted octanol–water partition coefficient (Wildman–Crippen LogP) is 1.23. The fourth-order valence-electron chi connectivity index (χ4n) is 1.52. The minimum Gasteiger partial charge on any atom is -0.495 e. The van der Waals surface area contributed by atoms with Gasteiger partial charge in [-0.05, 0) is 18.2 Å². The van der Waals surface area contributed by atoms with E-state index in [-0.39, 0.29) is 6.09 Å². The zero-order valence-electron chi connectivity index (χ0n) is 8.40. The Labute approximate surface area is 87.4 Å². The number of cyclic esters (lactones) is 1. The molecule has 0 unspecified atom stereocenters. The van der Waals surface area contributed by atoms with E-state index in [1.807, 2.05) is 0 Å². The van der Waals surface area contributed by atoms with Crippen molar-refractivity contribution in [3.63, 3.8) is 0 Å². The fourth-order valence-corrected chi connectivity index (χ4v) is 1.52. The normalized spacial score (nSPS) is 15.3. The van der Waals surface area contributed by atoms with Crippen molar-refractivity contribution in [1.29, 1.82) is 0 Å². The van der Waals surface area contributed by atoms with Crippen LogP contribution in [0.1, 0.15) is 0 Å². The first kappa shape index (κ1) is 9.64. The summed E-state index contributed by atoms with van der Waals surface area (Å²) in [5, 5.41) is 0. The Morgan fingerprint density at radius 2 is 2.33 bits per heavy atom. The number of methoxy groups -OCH3 is 1. The number of hydrogen-bond donors (Lipinski definition) is 1. The summed E-state index contributed by atoms with van der Waals surface area (Å²) >= 11 is 0. The van der Waals surface area contributed by atoms with Crippen molar-refractivity contribution in [1.82, 2.24) is 0 Å². The van der Waals surface area contributed by atoms with E-state index in [2.05, 4.69) is 0 Å². The smallest absolute Gasteiger partial charge is 0.414 e. The molecule has 15 heavy (non-hydrogen) atoms. The largest absolute Gasteiger partial charge is 0.495 e. The van der Waals surface area contributed by atoms with Crippen LogP contribution in [0.2, 0.25) is 0 Å². The Bertz CT molecular complexity index is 392. The Morgan fingerprint density at radius 3 is 2.87 bits per heavy atom. The molecule has 0 saturated carbocycles. The lowest BCUT2D eigenvalue weighted by atomic mass is 10.2. The lowest BCUT2D eigenvalue weighted by Crippen LogP contribution is -2.23. The molecule has 2 N–H and O–H groups in total. The maximum Gasteiger partial charge on any atom is 0.414 e. The van der Waals surface area contributed by atoms with Crippen molar-refractivity contribution in [2.24, 2.45) is 0 Å². The van der Waals surface area contributed by atoms with Crippen LogP contribution in [0, 0.1) is 0 Å². The average molecular weight is 208 g/mol. The third-order valence-electron chi connectivity index (χ3n) is 2.29. The predicted molar refractivity (Wildman–Crippen MR) is 56.1 cm³/mol. The third-order valence-corrected chi connectivity index (χ3v) is 2.29. The third kappa shape index (κ3) is 1.68. The second-order valence-corrected chi connectivity index (χ2v) is 3.19. The number of anilines is 2. The zero-order chi connectivity index (χ0) is 10.8. The van der Waals surface area contributed by atoms with Gasteiger partial charge in [-0.2, -0.15) is 0 Å². The minimum absolute atomic E-state index is 0.334. The standard InChI is InChI=1S/C10H12N2O3/c1-14-9-3-2-7(6-8(9)11)12-4-5-15-10(12)13/h2-3,6H,4-5,11H2,1H3. The van der Waals surface area contributed by atoms with Crippen LogP contribution in [0.15, 0.2) is 18.2 Å². The maximum absolute atomic E-state index is 11.3. The quantitative estimate of drug-likeness (QED) is 0.742. The van der Waals surface area contributed by atoms with Crippen molar-refractivity contribution in [2.45, 2.75) is 0 Å². The molecule has 1 heterocycles. The van der Waals surface area contributed by atoms with Crippen molar-refractivity contribution in [3.05, 3.63) is 18.2 Å². The molecule has 0 aromatic heterocycles. The first-order valence-electron chi connectivity index (χ1n) is 4.60. The van der Waals surface area contributed by atoms with Crippen molar-refractivity contribution < 1.29 is 14.3 Å². The molecule has 0 atom stereocenters. The molecule has 1 fully saturated rings. The van der Waals surface area contributed by atoms with Gasteiger partial charge in [0.05, 0.1) is 19.3 Å². The molecule has 1 aliphatic rings. The molecule has 0 bridgehead atoms. The molecule has 2 rings (SSSR count). The Balaban J connectivity index is 2.29. The molecule has 1 aromatic carbocycles. The Hall–Kier alpha value is -1.91. The van der Waals surface area contributed by atoms with Crippen LogP contribution < -0.4 is 15.4 Å². The van der Waals surface area contributed by atoms with Gasteiger partial charge in [-0.1, -0.05) is 0 Å². The van der Waals surface area contributed by atoms with E-state index in [1.165, 1.54) is 4.90 Å². The summed E-state index contributed by atoms with van der Waals surface area (Å²) in [5.74, 6) is 0.603. The van der Waals surface area contributed by atoms with Crippen molar-refractivity contribution in [2.75, 3.05) is 30.9 Å². The number of nitrogens with two attached hydrogens (primary N) is 1. The number of nitrogens with zero attached hydrogens (tertiary/aromatic N) is 1. The molecule has 1 aliphatic heterocycles. The SMILES string of the molecule is COc1ccc(N2CCOC2=O)cc1N. The second kappa shape index (κ2) is 3.68. The van der Waals surface area contributed by atoms with Crippen LogP contribution >= 0.6 is 0 Å². The Morgan fingerprint density at radius 1 is 1.53 bits per heavy atom. The number of hydrogen-bond acceptors (Lipinski definition) is 4. The van der Waals surface area contributed by atoms with Crippen LogP contribution in [-0.4, -0.2) is 26.4 Å². The molecule has 1 amide bonds. The highest BCUT2D eigenvalue weighted by Crippen LogP contribution is 2.28. The van der Waals surface area contributed by atoms with Gasteiger partial charge in [0.2, 0.25) is 0 Å². The lowest BCUT2D eigenvalue weighted by molar-refractivity contribution is 0.181. The first-order valence-corrected chi connectivity index (χ1v) is 4.60. The van der Waals surface area contributed by atoms with Gasteiger partial charge in [0.1, 0.15) is 12.4 Å². The van der Waals surface area contributed by atoms with Gasteiger partial charge in [-0.15, -0.1) is 0 Å². The fraction of sp³-hybridized carbons (Fsp3) is 0.300. The monoisotopic (exact) mass is 208 g/mol. The molecule has 0 radical (unpaired) electrons. The lowest BCUT2D eigenvalue weighted by Gasteiger charge is -2.14. The van der Waals surface area contributed by atoms with Gasteiger partial charge >= 0.3 is 6.09 Å². The van der Waals surface area contributed by atoms with Crippen LogP contribution in [0.4, 0.5) is 16.2 Å². The van der Waals surface area contributed by atoms with Crippen LogP contribution in [0.25, 0.3) is 0 Å². The van der Waals surface area contributed by atoms with E-state index in [4.69, 9.17) is 15.2 Å². The summed E-state index contributed by atoms with van der Waals surface area (Å²) in [6.07, 6.45) is -0.334. The van der Waals surface area contributed by atoms with Crippen molar-refractivity contribution in [3.8, 4) is 5.75 Å². The van der Waals surface area contributed by atoms with Gasteiger partial charge in [0.15, 0.2) is 0 Å². The molecule has 1 saturated heterocycles. The summed E-state index contributed by atoms with van der Waals surface area (Å²) in [6.45, 7) is 0.982. The number of amides is 1. The molecule has 1 aromatic rings. The first-order chi connectivity index (χ1) is 7.22. The van der Waals surface area contributed by atoms with E-state index in [1.54, 1.807) is 25.3 Å². The van der Waals surface area contributed by atoms with Gasteiger partial charge in [0.25, 0.3) is 0 Å². The highest BCUT2D eigenvalue weighted by atomic mass is 16.6. The second-order valence-electron chi connectivity index (χ2n) is 3.19. The van der Waals surface area contributed by atoms with E-state index in [9.17, 15) is 4.79 Å². The number of carbonyl (C=O) groups is 1. The van der Waals surface area contributed by atoms with E-state index in [0.717, 1.165) is 5.69 Å². The summed E-state index contributed by atoms with van der Waals surface area (Å²) in [5.41, 5.74) is 6.98. The summed E-state index contributed by atoms with van der Waals surface area (Å²) in [6, 6.07) is 5.21. The number of carbonyl (C=O) groups excluding carboxylic acids is 1. The number of ether oxygens (including phenoxy) is 2. The number of rotatable bonds is 2. The molecule has 5 nitrogen and oxygen atoms in total. The van der Waals surface area contributed by atoms with E-state index >= 15 is 0 Å². The van der Waals surface area contributed by atoms with Gasteiger partial charge in [0, 0.05) is 5.69 Å². The van der Waals surface area contributed by atoms with E-state index < -0.39 is 0 Å². The van der Waals surface area contributed by atoms with Crippen LogP contribution in [0.3, 0.4) is 0 Å². The molecule has 0 spiro atoms. The van der Waals surface area contributed by atoms with Crippen molar-refractivity contribution >= 4 is 17.5 Å². The highest BCUT2D eigenvalue weighted by molar-refractivity contribution is 5.90. The van der Waals surface area contributed by atoms with Crippen LogP contribution in [-0.2, 0) is 4.74 Å². The maximum atomic E-state index is 11.3. The van der Waals surface area contributed by atoms with E-state index in [0.29, 0.717) is 24.6 Å². The number of benzene rings is 1.